The van der Waals surface area contributed by atoms with Gasteiger partial charge in [0.25, 0.3) is 0 Å². The zero-order valence-electron chi connectivity index (χ0n) is 9.96. The maximum atomic E-state index is 5.94. The van der Waals surface area contributed by atoms with Crippen molar-refractivity contribution in [3.05, 3.63) is 0 Å². The molecule has 0 rings (SSSR count). The molecule has 0 aliphatic carbocycles. The fourth-order valence-corrected chi connectivity index (χ4v) is 1.48. The lowest BCUT2D eigenvalue weighted by atomic mass is 10.2. The lowest BCUT2D eigenvalue weighted by molar-refractivity contribution is 0.179. The van der Waals surface area contributed by atoms with Crippen LogP contribution in [0.3, 0.4) is 0 Å². The number of likely N-dealkylation sites (N-methyl/N-ethyl adjacent to an activating group) is 1. The Morgan fingerprint density at radius 2 is 2.07 bits per heavy atom. The van der Waals surface area contributed by atoms with Crippen LogP contribution in [0.5, 0.6) is 0 Å². The highest BCUT2D eigenvalue weighted by Gasteiger charge is 2.05. The van der Waals surface area contributed by atoms with Crippen LogP contribution in [0.25, 0.3) is 0 Å². The summed E-state index contributed by atoms with van der Waals surface area (Å²) < 4.78 is 4.99. The van der Waals surface area contributed by atoms with E-state index in [2.05, 4.69) is 18.9 Å². The molecule has 0 aliphatic heterocycles. The molecule has 0 aromatic carbocycles. The number of ether oxygens (including phenoxy) is 1. The molecule has 0 heterocycles. The van der Waals surface area contributed by atoms with Crippen molar-refractivity contribution in [3.8, 4) is 0 Å². The minimum absolute atomic E-state index is 0.251. The van der Waals surface area contributed by atoms with E-state index in [1.807, 2.05) is 0 Å². The summed E-state index contributed by atoms with van der Waals surface area (Å²) in [4.78, 5) is 2.32. The first-order valence-electron chi connectivity index (χ1n) is 5.63. The highest BCUT2D eigenvalue weighted by Crippen LogP contribution is 1.98. The van der Waals surface area contributed by atoms with Gasteiger partial charge in [-0.2, -0.15) is 0 Å². The minimum atomic E-state index is 0.251. The van der Waals surface area contributed by atoms with Gasteiger partial charge < -0.3 is 15.4 Å². The molecule has 0 amide bonds. The monoisotopic (exact) mass is 202 g/mol. The highest BCUT2D eigenvalue weighted by atomic mass is 16.5. The van der Waals surface area contributed by atoms with Crippen molar-refractivity contribution < 1.29 is 4.74 Å². The molecule has 0 saturated heterocycles. The Hall–Kier alpha value is -0.120. The minimum Gasteiger partial charge on any atom is -0.385 e. The molecule has 2 N–H and O–H groups in total. The molecule has 1 unspecified atom stereocenters. The summed E-state index contributed by atoms with van der Waals surface area (Å²) in [7, 11) is 3.86. The van der Waals surface area contributed by atoms with Gasteiger partial charge in [-0.1, -0.05) is 19.8 Å². The van der Waals surface area contributed by atoms with Crippen molar-refractivity contribution in [2.24, 2.45) is 5.73 Å². The van der Waals surface area contributed by atoms with Crippen LogP contribution >= 0.6 is 0 Å². The summed E-state index contributed by atoms with van der Waals surface area (Å²) in [6, 6.07) is 0.251. The molecule has 0 bridgehead atoms. The van der Waals surface area contributed by atoms with Crippen molar-refractivity contribution in [3.63, 3.8) is 0 Å². The summed E-state index contributed by atoms with van der Waals surface area (Å²) >= 11 is 0. The standard InChI is InChI=1S/C11H26N2O/c1-4-5-6-8-13(2)10-11(12)7-9-14-3/h11H,4-10,12H2,1-3H3. The van der Waals surface area contributed by atoms with Gasteiger partial charge in [-0.05, 0) is 26.4 Å². The molecule has 0 radical (unpaired) electrons. The van der Waals surface area contributed by atoms with Gasteiger partial charge in [0.15, 0.2) is 0 Å². The largest absolute Gasteiger partial charge is 0.385 e. The number of hydrogen-bond donors (Lipinski definition) is 1. The predicted octanol–water partition coefficient (Wildman–Crippen LogP) is 1.47. The number of nitrogens with zero attached hydrogens (tertiary/aromatic N) is 1. The summed E-state index contributed by atoms with van der Waals surface area (Å²) in [5.74, 6) is 0. The quantitative estimate of drug-likeness (QED) is 0.575. The summed E-state index contributed by atoms with van der Waals surface area (Å²) in [6.45, 7) is 5.13. The van der Waals surface area contributed by atoms with Crippen LogP contribution in [0.2, 0.25) is 0 Å². The Kier molecular flexibility index (Phi) is 9.35. The summed E-state index contributed by atoms with van der Waals surface area (Å²) in [5, 5.41) is 0. The van der Waals surface area contributed by atoms with Crippen molar-refractivity contribution in [1.29, 1.82) is 0 Å². The van der Waals surface area contributed by atoms with Crippen molar-refractivity contribution in [2.75, 3.05) is 33.9 Å². The van der Waals surface area contributed by atoms with Gasteiger partial charge in [0.05, 0.1) is 0 Å². The van der Waals surface area contributed by atoms with Crippen LogP contribution in [0.1, 0.15) is 32.6 Å². The van der Waals surface area contributed by atoms with Crippen LogP contribution in [0.4, 0.5) is 0 Å². The molecule has 0 spiro atoms. The van der Waals surface area contributed by atoms with E-state index >= 15 is 0 Å². The second-order valence-electron chi connectivity index (χ2n) is 4.01. The Morgan fingerprint density at radius 3 is 2.64 bits per heavy atom. The van der Waals surface area contributed by atoms with E-state index in [1.54, 1.807) is 7.11 Å². The summed E-state index contributed by atoms with van der Waals surface area (Å²) in [6.07, 6.45) is 4.83. The molecule has 3 nitrogen and oxygen atoms in total. The van der Waals surface area contributed by atoms with Crippen LogP contribution in [0.15, 0.2) is 0 Å². The average Bonchev–Trinajstić information content (AvgIpc) is 2.15. The number of rotatable bonds is 9. The van der Waals surface area contributed by atoms with Crippen LogP contribution < -0.4 is 5.73 Å². The van der Waals surface area contributed by atoms with Crippen molar-refractivity contribution >= 4 is 0 Å². The van der Waals surface area contributed by atoms with Crippen LogP contribution in [-0.4, -0.2) is 44.8 Å². The first-order valence-corrected chi connectivity index (χ1v) is 5.63. The van der Waals surface area contributed by atoms with Crippen molar-refractivity contribution in [1.82, 2.24) is 4.90 Å². The normalized spacial score (nSPS) is 13.5. The first-order chi connectivity index (χ1) is 6.70. The number of unbranched alkanes of at least 4 members (excludes halogenated alkanes) is 2. The molecule has 3 heteroatoms. The van der Waals surface area contributed by atoms with Gasteiger partial charge in [-0.25, -0.2) is 0 Å². The molecular weight excluding hydrogens is 176 g/mol. The average molecular weight is 202 g/mol. The number of methoxy groups -OCH3 is 1. The first kappa shape index (κ1) is 13.9. The maximum absolute atomic E-state index is 5.94. The molecule has 0 aliphatic rings. The molecule has 0 aromatic heterocycles. The van der Waals surface area contributed by atoms with Gasteiger partial charge in [0.1, 0.15) is 0 Å². The number of hydrogen-bond acceptors (Lipinski definition) is 3. The Labute approximate surface area is 88.6 Å². The zero-order chi connectivity index (χ0) is 10.8. The van der Waals surface area contributed by atoms with E-state index in [-0.39, 0.29) is 6.04 Å². The fourth-order valence-electron chi connectivity index (χ4n) is 1.48. The van der Waals surface area contributed by atoms with Crippen LogP contribution in [-0.2, 0) is 4.74 Å². The van der Waals surface area contributed by atoms with E-state index in [0.29, 0.717) is 0 Å². The Balaban J connectivity index is 3.35. The molecular formula is C11H26N2O. The molecule has 86 valence electrons. The van der Waals surface area contributed by atoms with E-state index in [4.69, 9.17) is 10.5 Å². The lowest BCUT2D eigenvalue weighted by Gasteiger charge is -2.20. The van der Waals surface area contributed by atoms with Gasteiger partial charge in [0, 0.05) is 26.3 Å². The smallest absolute Gasteiger partial charge is 0.0477 e. The Morgan fingerprint density at radius 1 is 1.36 bits per heavy atom. The van der Waals surface area contributed by atoms with Crippen LogP contribution in [0, 0.1) is 0 Å². The van der Waals surface area contributed by atoms with Gasteiger partial charge >= 0.3 is 0 Å². The highest BCUT2D eigenvalue weighted by molar-refractivity contribution is 4.65. The van der Waals surface area contributed by atoms with Gasteiger partial charge in [-0.15, -0.1) is 0 Å². The fraction of sp³-hybridized carbons (Fsp3) is 1.00. The second kappa shape index (κ2) is 9.44. The van der Waals surface area contributed by atoms with Gasteiger partial charge in [-0.3, -0.25) is 0 Å². The third-order valence-electron chi connectivity index (χ3n) is 2.38. The second-order valence-corrected chi connectivity index (χ2v) is 4.01. The Bertz CT molecular complexity index is 120. The maximum Gasteiger partial charge on any atom is 0.0477 e. The van der Waals surface area contributed by atoms with E-state index in [0.717, 1.165) is 26.1 Å². The molecule has 14 heavy (non-hydrogen) atoms. The van der Waals surface area contributed by atoms with Crippen molar-refractivity contribution in [2.45, 2.75) is 38.6 Å². The van der Waals surface area contributed by atoms with E-state index in [1.165, 1.54) is 19.3 Å². The lowest BCUT2D eigenvalue weighted by Crippen LogP contribution is -2.36. The molecule has 1 atom stereocenters. The molecule has 0 aromatic rings. The zero-order valence-corrected chi connectivity index (χ0v) is 9.96. The summed E-state index contributed by atoms with van der Waals surface area (Å²) in [5.41, 5.74) is 5.94. The third-order valence-corrected chi connectivity index (χ3v) is 2.38. The number of nitrogens with two attached hydrogens (primary N) is 1. The predicted molar refractivity (Wildman–Crippen MR) is 61.5 cm³/mol. The molecule has 0 fully saturated rings. The SMILES string of the molecule is CCCCCN(C)CC(N)CCOC. The van der Waals surface area contributed by atoms with E-state index < -0.39 is 0 Å². The van der Waals surface area contributed by atoms with E-state index in [9.17, 15) is 0 Å². The third kappa shape index (κ3) is 8.48. The van der Waals surface area contributed by atoms with Gasteiger partial charge in [0.2, 0.25) is 0 Å². The topological polar surface area (TPSA) is 38.5 Å². The molecule has 0 saturated carbocycles.